The highest BCUT2D eigenvalue weighted by Crippen LogP contribution is 2.29. The van der Waals surface area contributed by atoms with E-state index in [1.165, 1.54) is 7.11 Å². The second kappa shape index (κ2) is 6.54. The number of hydrogen-bond donors (Lipinski definition) is 1. The zero-order chi connectivity index (χ0) is 15.6. The van der Waals surface area contributed by atoms with E-state index in [0.717, 1.165) is 12.8 Å². The Hall–Kier alpha value is -1.15. The molecule has 1 aliphatic carbocycles. The van der Waals surface area contributed by atoms with Gasteiger partial charge in [-0.25, -0.2) is 13.1 Å². The van der Waals surface area contributed by atoms with Gasteiger partial charge >= 0.3 is 0 Å². The topological polar surface area (TPSA) is 73.9 Å². The molecule has 1 aromatic rings. The van der Waals surface area contributed by atoms with Crippen LogP contribution in [0.1, 0.15) is 19.3 Å². The van der Waals surface area contributed by atoms with E-state index in [4.69, 9.17) is 14.2 Å². The van der Waals surface area contributed by atoms with Crippen molar-refractivity contribution in [2.24, 2.45) is 0 Å². The van der Waals surface area contributed by atoms with Crippen molar-refractivity contribution in [3.05, 3.63) is 24.3 Å². The van der Waals surface area contributed by atoms with E-state index in [-0.39, 0.29) is 23.1 Å². The Morgan fingerprint density at radius 3 is 2.64 bits per heavy atom. The normalized spacial score (nSPS) is 28.9. The van der Waals surface area contributed by atoms with Gasteiger partial charge in [0.25, 0.3) is 0 Å². The second-order valence-electron chi connectivity index (χ2n) is 5.60. The number of methoxy groups -OCH3 is 1. The molecule has 1 aliphatic heterocycles. The molecule has 1 aromatic carbocycles. The lowest BCUT2D eigenvalue weighted by Gasteiger charge is -2.38. The fourth-order valence-corrected chi connectivity index (χ4v) is 4.55. The predicted molar refractivity (Wildman–Crippen MR) is 80.4 cm³/mol. The van der Waals surface area contributed by atoms with Crippen LogP contribution in [0, 0.1) is 0 Å². The second-order valence-corrected chi connectivity index (χ2v) is 7.28. The average molecular weight is 327 g/mol. The van der Waals surface area contributed by atoms with Crippen molar-refractivity contribution in [3.8, 4) is 5.75 Å². The van der Waals surface area contributed by atoms with E-state index in [9.17, 15) is 8.42 Å². The Bertz CT molecular complexity index is 618. The molecular formula is C15H21NO5S. The molecule has 1 N–H and O–H groups in total. The molecule has 0 unspecified atom stereocenters. The van der Waals surface area contributed by atoms with Crippen LogP contribution in [0.25, 0.3) is 0 Å². The molecule has 0 amide bonds. The zero-order valence-electron chi connectivity index (χ0n) is 12.5. The Kier molecular flexibility index (Phi) is 4.67. The third kappa shape index (κ3) is 3.27. The van der Waals surface area contributed by atoms with Crippen LogP contribution in [0.3, 0.4) is 0 Å². The monoisotopic (exact) mass is 327 g/mol. The minimum absolute atomic E-state index is 0.0205. The average Bonchev–Trinajstić information content (AvgIpc) is 2.54. The van der Waals surface area contributed by atoms with Crippen molar-refractivity contribution in [2.75, 3.05) is 20.3 Å². The van der Waals surface area contributed by atoms with Gasteiger partial charge in [0.1, 0.15) is 10.6 Å². The van der Waals surface area contributed by atoms with Crippen LogP contribution < -0.4 is 9.46 Å². The zero-order valence-corrected chi connectivity index (χ0v) is 13.3. The van der Waals surface area contributed by atoms with Crippen LogP contribution in [-0.4, -0.2) is 47.0 Å². The minimum atomic E-state index is -3.61. The molecule has 0 spiro atoms. The fraction of sp³-hybridized carbons (Fsp3) is 0.600. The van der Waals surface area contributed by atoms with Crippen molar-refractivity contribution in [3.63, 3.8) is 0 Å². The molecule has 0 radical (unpaired) electrons. The molecule has 2 fully saturated rings. The van der Waals surface area contributed by atoms with Crippen molar-refractivity contribution in [2.45, 2.75) is 42.4 Å². The maximum absolute atomic E-state index is 12.6. The molecule has 122 valence electrons. The summed E-state index contributed by atoms with van der Waals surface area (Å²) in [6, 6.07) is 6.48. The van der Waals surface area contributed by atoms with Crippen molar-refractivity contribution >= 4 is 10.0 Å². The first-order valence-electron chi connectivity index (χ1n) is 7.49. The molecule has 6 nitrogen and oxygen atoms in total. The number of para-hydroxylation sites is 1. The van der Waals surface area contributed by atoms with E-state index in [1.54, 1.807) is 24.3 Å². The lowest BCUT2D eigenvalue weighted by Crippen LogP contribution is -2.49. The van der Waals surface area contributed by atoms with Gasteiger partial charge in [-0.2, -0.15) is 0 Å². The van der Waals surface area contributed by atoms with E-state index < -0.39 is 10.0 Å². The summed E-state index contributed by atoms with van der Waals surface area (Å²) < 4.78 is 44.4. The maximum atomic E-state index is 12.6. The Labute approximate surface area is 130 Å². The SMILES string of the molecule is COc1ccccc1S(=O)(=O)N[C@@H]1CC[C@@H]2OCCO[C@H]2C1. The van der Waals surface area contributed by atoms with Crippen molar-refractivity contribution in [1.29, 1.82) is 0 Å². The fourth-order valence-electron chi connectivity index (χ4n) is 3.10. The molecule has 0 bridgehead atoms. The largest absolute Gasteiger partial charge is 0.495 e. The Balaban J connectivity index is 1.72. The number of rotatable bonds is 4. The first-order chi connectivity index (χ1) is 10.6. The van der Waals surface area contributed by atoms with Gasteiger partial charge < -0.3 is 14.2 Å². The molecule has 0 aromatic heterocycles. The molecule has 1 heterocycles. The van der Waals surface area contributed by atoms with Gasteiger partial charge in [0, 0.05) is 6.04 Å². The highest BCUT2D eigenvalue weighted by Gasteiger charge is 2.36. The van der Waals surface area contributed by atoms with Gasteiger partial charge in [-0.1, -0.05) is 12.1 Å². The van der Waals surface area contributed by atoms with Gasteiger partial charge in [0.15, 0.2) is 0 Å². The van der Waals surface area contributed by atoms with Crippen LogP contribution in [0.5, 0.6) is 5.75 Å². The molecule has 3 rings (SSSR count). The third-order valence-electron chi connectivity index (χ3n) is 4.16. The van der Waals surface area contributed by atoms with Gasteiger partial charge in [-0.15, -0.1) is 0 Å². The Morgan fingerprint density at radius 1 is 1.14 bits per heavy atom. The number of ether oxygens (including phenoxy) is 3. The van der Waals surface area contributed by atoms with E-state index in [1.807, 2.05) is 0 Å². The van der Waals surface area contributed by atoms with Crippen LogP contribution >= 0.6 is 0 Å². The standard InChI is InChI=1S/C15H21NO5S/c1-19-13-4-2-3-5-15(13)22(17,18)16-11-6-7-12-14(10-11)21-9-8-20-12/h2-5,11-12,14,16H,6-10H2,1H3/t11-,12+,14+/m1/s1. The summed E-state index contributed by atoms with van der Waals surface area (Å²) in [6.07, 6.45) is 2.27. The molecule has 1 saturated heterocycles. The smallest absolute Gasteiger partial charge is 0.244 e. The van der Waals surface area contributed by atoms with Gasteiger partial charge in [0.05, 0.1) is 32.5 Å². The van der Waals surface area contributed by atoms with Crippen LogP contribution in [-0.2, 0) is 19.5 Å². The molecule has 1 saturated carbocycles. The first kappa shape index (κ1) is 15.7. The third-order valence-corrected chi connectivity index (χ3v) is 5.72. The molecular weight excluding hydrogens is 306 g/mol. The molecule has 2 aliphatic rings. The highest BCUT2D eigenvalue weighted by molar-refractivity contribution is 7.89. The van der Waals surface area contributed by atoms with Crippen LogP contribution in [0.15, 0.2) is 29.2 Å². The summed E-state index contributed by atoms with van der Waals surface area (Å²) in [5.41, 5.74) is 0. The summed E-state index contributed by atoms with van der Waals surface area (Å²) >= 11 is 0. The molecule has 22 heavy (non-hydrogen) atoms. The van der Waals surface area contributed by atoms with E-state index >= 15 is 0 Å². The number of nitrogens with one attached hydrogen (secondary N) is 1. The summed E-state index contributed by atoms with van der Waals surface area (Å²) in [5.74, 6) is 0.348. The van der Waals surface area contributed by atoms with Gasteiger partial charge in [-0.05, 0) is 31.4 Å². The summed E-state index contributed by atoms with van der Waals surface area (Å²) in [7, 11) is -2.15. The highest BCUT2D eigenvalue weighted by atomic mass is 32.2. The number of fused-ring (bicyclic) bond motifs is 1. The van der Waals surface area contributed by atoms with Crippen molar-refractivity contribution in [1.82, 2.24) is 4.72 Å². The quantitative estimate of drug-likeness (QED) is 0.902. The molecule has 3 atom stereocenters. The van der Waals surface area contributed by atoms with Gasteiger partial charge in [-0.3, -0.25) is 0 Å². The number of hydrogen-bond acceptors (Lipinski definition) is 5. The Morgan fingerprint density at radius 2 is 1.86 bits per heavy atom. The molecule has 7 heteroatoms. The lowest BCUT2D eigenvalue weighted by molar-refractivity contribution is -0.156. The maximum Gasteiger partial charge on any atom is 0.244 e. The predicted octanol–water partition coefficient (Wildman–Crippen LogP) is 1.31. The van der Waals surface area contributed by atoms with E-state index in [2.05, 4.69) is 4.72 Å². The van der Waals surface area contributed by atoms with Crippen molar-refractivity contribution < 1.29 is 22.6 Å². The summed E-state index contributed by atoms with van der Waals surface area (Å²) in [6.45, 7) is 1.20. The van der Waals surface area contributed by atoms with Crippen LogP contribution in [0.2, 0.25) is 0 Å². The lowest BCUT2D eigenvalue weighted by atomic mass is 9.90. The number of sulfonamides is 1. The summed E-state index contributed by atoms with van der Waals surface area (Å²) in [4.78, 5) is 0.167. The summed E-state index contributed by atoms with van der Waals surface area (Å²) in [5, 5.41) is 0. The minimum Gasteiger partial charge on any atom is -0.495 e. The van der Waals surface area contributed by atoms with E-state index in [0.29, 0.717) is 25.4 Å². The van der Waals surface area contributed by atoms with Crippen LogP contribution in [0.4, 0.5) is 0 Å². The van der Waals surface area contributed by atoms with Gasteiger partial charge in [0.2, 0.25) is 10.0 Å². The number of benzene rings is 1. The first-order valence-corrected chi connectivity index (χ1v) is 8.97.